The zero-order chi connectivity index (χ0) is 27.4. The van der Waals surface area contributed by atoms with Crippen LogP contribution in [0.15, 0.2) is 66.7 Å². The molecule has 39 heavy (non-hydrogen) atoms. The minimum atomic E-state index is -1.70. The number of hydrogen-bond acceptors (Lipinski definition) is 5. The van der Waals surface area contributed by atoms with Gasteiger partial charge in [0, 0.05) is 35.7 Å². The lowest BCUT2D eigenvalue weighted by Crippen LogP contribution is -2.39. The van der Waals surface area contributed by atoms with Crippen molar-refractivity contribution in [1.29, 1.82) is 0 Å². The van der Waals surface area contributed by atoms with Crippen LogP contribution < -0.4 is 20.7 Å². The van der Waals surface area contributed by atoms with Crippen LogP contribution in [0.2, 0.25) is 19.6 Å². The van der Waals surface area contributed by atoms with Crippen LogP contribution >= 0.6 is 0 Å². The molecule has 2 N–H and O–H groups in total. The van der Waals surface area contributed by atoms with Crippen LogP contribution in [-0.2, 0) is 4.74 Å². The summed E-state index contributed by atoms with van der Waals surface area (Å²) in [6, 6.07) is 21.6. The van der Waals surface area contributed by atoms with Crippen LogP contribution in [0.4, 0.5) is 16.3 Å². The summed E-state index contributed by atoms with van der Waals surface area (Å²) in [4.78, 5) is 15.6. The number of amides is 2. The number of carbonyl (C=O) groups is 1. The smallest absolute Gasteiger partial charge is 0.324 e. The predicted octanol–water partition coefficient (Wildman–Crippen LogP) is 5.23. The minimum Gasteiger partial charge on any atom is -0.492 e. The number of anilines is 2. The van der Waals surface area contributed by atoms with Gasteiger partial charge in [0.1, 0.15) is 26.2 Å². The monoisotopic (exact) mass is 543 g/mol. The van der Waals surface area contributed by atoms with Gasteiger partial charge in [0.15, 0.2) is 0 Å². The molecule has 1 aliphatic rings. The molecule has 1 aromatic heterocycles. The third-order valence-corrected chi connectivity index (χ3v) is 8.68. The van der Waals surface area contributed by atoms with Gasteiger partial charge in [-0.25, -0.2) is 9.48 Å². The number of rotatable bonds is 8. The summed E-state index contributed by atoms with van der Waals surface area (Å²) in [6.45, 7) is 13.7. The summed E-state index contributed by atoms with van der Waals surface area (Å²) in [5.74, 6) is 1.45. The van der Waals surface area contributed by atoms with Crippen molar-refractivity contribution in [2.75, 3.05) is 50.1 Å². The molecule has 204 valence electrons. The lowest BCUT2D eigenvalue weighted by atomic mass is 10.1. The third kappa shape index (κ3) is 6.50. The van der Waals surface area contributed by atoms with Crippen molar-refractivity contribution in [2.45, 2.75) is 26.6 Å². The minimum absolute atomic E-state index is 0.323. The summed E-state index contributed by atoms with van der Waals surface area (Å²) >= 11 is 0. The van der Waals surface area contributed by atoms with Crippen LogP contribution in [0.5, 0.6) is 5.75 Å². The Hall–Kier alpha value is -3.66. The highest BCUT2D eigenvalue weighted by atomic mass is 28.3. The molecule has 4 aromatic rings. The number of aryl methyl sites for hydroxylation is 1. The molecule has 5 rings (SSSR count). The first-order chi connectivity index (χ1) is 18.8. The van der Waals surface area contributed by atoms with Crippen molar-refractivity contribution >= 4 is 41.7 Å². The van der Waals surface area contributed by atoms with Crippen LogP contribution in [0.25, 0.3) is 16.5 Å². The molecule has 0 aliphatic carbocycles. The van der Waals surface area contributed by atoms with E-state index in [0.717, 1.165) is 66.1 Å². The maximum Gasteiger partial charge on any atom is 0.324 e. The highest BCUT2D eigenvalue weighted by Crippen LogP contribution is 2.32. The van der Waals surface area contributed by atoms with Gasteiger partial charge in [0.05, 0.1) is 24.6 Å². The molecule has 2 heterocycles. The molecule has 1 fully saturated rings. The number of fused-ring (bicyclic) bond motifs is 1. The van der Waals surface area contributed by atoms with Crippen LogP contribution in [-0.4, -0.2) is 68.2 Å². The molecule has 8 nitrogen and oxygen atoms in total. The summed E-state index contributed by atoms with van der Waals surface area (Å²) in [6.07, 6.45) is 0. The Labute approximate surface area is 230 Å². The lowest BCUT2D eigenvalue weighted by molar-refractivity contribution is 0.0323. The van der Waals surface area contributed by atoms with Gasteiger partial charge in [-0.15, -0.1) is 0 Å². The first-order valence-corrected chi connectivity index (χ1v) is 17.0. The Morgan fingerprint density at radius 1 is 0.974 bits per heavy atom. The van der Waals surface area contributed by atoms with Gasteiger partial charge in [-0.3, -0.25) is 10.2 Å². The highest BCUT2D eigenvalue weighted by Gasteiger charge is 2.23. The molecule has 3 aromatic carbocycles. The first-order valence-electron chi connectivity index (χ1n) is 13.5. The molecule has 9 heteroatoms. The van der Waals surface area contributed by atoms with E-state index in [1.807, 2.05) is 71.4 Å². The topological polar surface area (TPSA) is 80.7 Å². The number of hydrogen-bond donors (Lipinski definition) is 2. The largest absolute Gasteiger partial charge is 0.492 e. The molecule has 0 atom stereocenters. The number of ether oxygens (including phenoxy) is 2. The third-order valence-electron chi connectivity index (χ3n) is 6.90. The van der Waals surface area contributed by atoms with E-state index in [9.17, 15) is 4.79 Å². The molecule has 1 aliphatic heterocycles. The van der Waals surface area contributed by atoms with Gasteiger partial charge < -0.3 is 14.8 Å². The fourth-order valence-corrected chi connectivity index (χ4v) is 5.57. The first kappa shape index (κ1) is 26.9. The van der Waals surface area contributed by atoms with Gasteiger partial charge >= 0.3 is 6.03 Å². The Morgan fingerprint density at radius 3 is 2.41 bits per heavy atom. The number of carbonyl (C=O) groups excluding carboxylic acids is 1. The average Bonchev–Trinajstić information content (AvgIpc) is 3.35. The maximum atomic E-state index is 13.3. The average molecular weight is 544 g/mol. The van der Waals surface area contributed by atoms with Gasteiger partial charge in [0.2, 0.25) is 0 Å². The Bertz CT molecular complexity index is 1440. The molecule has 0 unspecified atom stereocenters. The van der Waals surface area contributed by atoms with E-state index in [-0.39, 0.29) is 6.03 Å². The van der Waals surface area contributed by atoms with E-state index < -0.39 is 8.07 Å². The number of benzene rings is 3. The van der Waals surface area contributed by atoms with E-state index in [2.05, 4.69) is 42.1 Å². The van der Waals surface area contributed by atoms with Crippen molar-refractivity contribution in [3.8, 4) is 11.4 Å². The second-order valence-electron chi connectivity index (χ2n) is 11.0. The van der Waals surface area contributed by atoms with Crippen molar-refractivity contribution in [3.05, 3.63) is 72.3 Å². The van der Waals surface area contributed by atoms with Crippen LogP contribution in [0, 0.1) is 6.92 Å². The van der Waals surface area contributed by atoms with E-state index in [0.29, 0.717) is 12.4 Å². The van der Waals surface area contributed by atoms with Crippen molar-refractivity contribution in [2.24, 2.45) is 0 Å². The quantitative estimate of drug-likeness (QED) is 0.297. The Kier molecular flexibility index (Phi) is 8.01. The van der Waals surface area contributed by atoms with E-state index in [4.69, 9.17) is 14.6 Å². The van der Waals surface area contributed by atoms with Gasteiger partial charge in [0.25, 0.3) is 0 Å². The number of nitrogens with one attached hydrogen (secondary N) is 2. The zero-order valence-corrected chi connectivity index (χ0v) is 24.2. The van der Waals surface area contributed by atoms with Gasteiger partial charge in [-0.2, -0.15) is 5.10 Å². The van der Waals surface area contributed by atoms with Gasteiger partial charge in [-0.1, -0.05) is 61.6 Å². The molecule has 1 saturated heterocycles. The van der Waals surface area contributed by atoms with Crippen LogP contribution in [0.1, 0.15) is 5.56 Å². The predicted molar refractivity (Wildman–Crippen MR) is 161 cm³/mol. The number of urea groups is 1. The zero-order valence-electron chi connectivity index (χ0n) is 23.2. The summed E-state index contributed by atoms with van der Waals surface area (Å²) in [5.41, 5.74) is 2.80. The number of morpholine rings is 1. The second-order valence-corrected chi connectivity index (χ2v) is 16.0. The van der Waals surface area contributed by atoms with Crippen molar-refractivity contribution in [1.82, 2.24) is 14.7 Å². The number of aromatic nitrogens is 2. The van der Waals surface area contributed by atoms with Crippen molar-refractivity contribution in [3.63, 3.8) is 0 Å². The second kappa shape index (κ2) is 11.6. The molecular weight excluding hydrogens is 506 g/mol. The Morgan fingerprint density at radius 2 is 1.69 bits per heavy atom. The summed E-state index contributed by atoms with van der Waals surface area (Å²) < 4.78 is 13.4. The van der Waals surface area contributed by atoms with Crippen molar-refractivity contribution < 1.29 is 14.3 Å². The van der Waals surface area contributed by atoms with Crippen LogP contribution in [0.3, 0.4) is 0 Å². The molecule has 0 spiro atoms. The maximum absolute atomic E-state index is 13.3. The normalized spacial score (nSPS) is 14.4. The number of nitrogens with zero attached hydrogens (tertiary/aromatic N) is 3. The standard InChI is InChI=1S/C30H37N5O3Si/c1-22-9-11-23(12-10-22)35-28(21-29(33-35)39(2,3)4)32-30(36)31-26-13-14-27(25-8-6-5-7-24(25)26)38-20-17-34-15-18-37-19-16-34/h5-14,21H,15-20H2,1-4H3,(H2,31,32,36). The lowest BCUT2D eigenvalue weighted by Gasteiger charge is -2.26. The van der Waals surface area contributed by atoms with Gasteiger partial charge in [-0.05, 0) is 37.3 Å². The Balaban J connectivity index is 1.33. The molecule has 0 saturated carbocycles. The fourth-order valence-electron chi connectivity index (χ4n) is 4.61. The molecule has 0 radical (unpaired) electrons. The SMILES string of the molecule is Cc1ccc(-n2nc([Si](C)(C)C)cc2NC(=O)Nc2ccc(OCCN3CCOCC3)c3ccccc23)cc1. The molecular formula is C30H37N5O3Si. The van der Waals surface area contributed by atoms with E-state index in [1.165, 1.54) is 5.56 Å². The summed E-state index contributed by atoms with van der Waals surface area (Å²) in [7, 11) is -1.70. The molecule has 0 bridgehead atoms. The van der Waals surface area contributed by atoms with E-state index in [1.54, 1.807) is 0 Å². The van der Waals surface area contributed by atoms with E-state index >= 15 is 0 Å². The summed E-state index contributed by atoms with van der Waals surface area (Å²) in [5, 5.41) is 13.9. The fraction of sp³-hybridized carbons (Fsp3) is 0.333. The highest BCUT2D eigenvalue weighted by molar-refractivity contribution is 6.88. The molecule has 2 amide bonds.